The van der Waals surface area contributed by atoms with Crippen molar-refractivity contribution in [3.63, 3.8) is 0 Å². The summed E-state index contributed by atoms with van der Waals surface area (Å²) in [6, 6.07) is 5.79. The summed E-state index contributed by atoms with van der Waals surface area (Å²) in [5.74, 6) is -0.334. The Bertz CT molecular complexity index is 1300. The van der Waals surface area contributed by atoms with Crippen molar-refractivity contribution in [2.45, 2.75) is 57.7 Å². The third kappa shape index (κ3) is 3.65. The molecule has 4 aromatic rings. The maximum absolute atomic E-state index is 14.6. The summed E-state index contributed by atoms with van der Waals surface area (Å²) in [6.07, 6.45) is 5.70. The highest BCUT2D eigenvalue weighted by atomic mass is 32.1. The number of aryl methyl sites for hydroxylation is 1. The molecule has 0 spiro atoms. The largest absolute Gasteiger partial charge is 0.359 e. The van der Waals surface area contributed by atoms with Gasteiger partial charge in [-0.3, -0.25) is 14.6 Å². The van der Waals surface area contributed by atoms with Crippen LogP contribution in [-0.4, -0.2) is 48.8 Å². The molecule has 0 radical (unpaired) electrons. The van der Waals surface area contributed by atoms with Gasteiger partial charge in [0.15, 0.2) is 10.9 Å². The molecule has 5 rings (SSSR count). The number of benzene rings is 1. The van der Waals surface area contributed by atoms with E-state index in [1.807, 2.05) is 18.3 Å². The molecule has 6 nitrogen and oxygen atoms in total. The number of hydrogen-bond acceptors (Lipinski definition) is 6. The number of nitrogens with one attached hydrogen (secondary N) is 1. The van der Waals surface area contributed by atoms with Crippen LogP contribution in [0.4, 0.5) is 9.52 Å². The Morgan fingerprint density at radius 3 is 2.53 bits per heavy atom. The van der Waals surface area contributed by atoms with Gasteiger partial charge >= 0.3 is 0 Å². The molecule has 0 bridgehead atoms. The maximum atomic E-state index is 14.6. The Hall–Kier alpha value is -2.58. The second-order valence-corrected chi connectivity index (χ2v) is 11.2. The van der Waals surface area contributed by atoms with Gasteiger partial charge in [0.05, 0.1) is 16.6 Å². The molecule has 1 aromatic carbocycles. The fourth-order valence-electron chi connectivity index (χ4n) is 5.06. The number of aromatic nitrogens is 4. The fraction of sp³-hybridized carbons (Fsp3) is 0.458. The van der Waals surface area contributed by atoms with Crippen molar-refractivity contribution in [1.82, 2.24) is 24.6 Å². The standard InChI is InChI=1S/C24H29FN6S/c1-23(2)10-16(11-24(3,4)31(23)6)27-22-28-19-12-26-18(9-20(19)32-22)14-7-15-13-30(5)29-21(15)17(25)8-14/h7-9,12-13,16H,10-11H2,1-6H3,(H,27,28). The third-order valence-corrected chi connectivity index (χ3v) is 7.83. The molecule has 168 valence electrons. The number of rotatable bonds is 3. The molecule has 4 heterocycles. The van der Waals surface area contributed by atoms with Crippen LogP contribution >= 0.6 is 11.3 Å². The van der Waals surface area contributed by atoms with Crippen molar-refractivity contribution >= 4 is 37.6 Å². The van der Waals surface area contributed by atoms with Crippen LogP contribution in [0.5, 0.6) is 0 Å². The van der Waals surface area contributed by atoms with E-state index in [0.29, 0.717) is 11.6 Å². The summed E-state index contributed by atoms with van der Waals surface area (Å²) in [6.45, 7) is 9.20. The maximum Gasteiger partial charge on any atom is 0.184 e. The average Bonchev–Trinajstić information content (AvgIpc) is 3.27. The molecule has 1 aliphatic heterocycles. The van der Waals surface area contributed by atoms with Crippen molar-refractivity contribution in [3.8, 4) is 11.3 Å². The molecule has 0 atom stereocenters. The van der Waals surface area contributed by atoms with E-state index in [4.69, 9.17) is 4.98 Å². The SMILES string of the molecule is CN1C(C)(C)CC(Nc2nc3cnc(-c4cc(F)c5nn(C)cc5c4)cc3s2)CC1(C)C. The Balaban J connectivity index is 1.44. The predicted molar refractivity (Wildman–Crippen MR) is 130 cm³/mol. The molecule has 1 fully saturated rings. The minimum atomic E-state index is -0.334. The molecule has 1 N–H and O–H groups in total. The monoisotopic (exact) mass is 452 g/mol. The Kier molecular flexibility index (Phi) is 4.80. The van der Waals surface area contributed by atoms with Crippen molar-refractivity contribution in [2.24, 2.45) is 7.05 Å². The van der Waals surface area contributed by atoms with Crippen molar-refractivity contribution in [3.05, 3.63) is 36.4 Å². The summed E-state index contributed by atoms with van der Waals surface area (Å²) in [4.78, 5) is 11.8. The molecular weight excluding hydrogens is 423 g/mol. The first-order valence-electron chi connectivity index (χ1n) is 10.9. The first-order valence-corrected chi connectivity index (χ1v) is 11.7. The van der Waals surface area contributed by atoms with Gasteiger partial charge in [-0.25, -0.2) is 9.37 Å². The third-order valence-electron chi connectivity index (χ3n) is 6.88. The van der Waals surface area contributed by atoms with E-state index >= 15 is 0 Å². The number of likely N-dealkylation sites (tertiary alicyclic amines) is 1. The van der Waals surface area contributed by atoms with Gasteiger partial charge in [0.25, 0.3) is 0 Å². The van der Waals surface area contributed by atoms with Crippen LogP contribution in [0, 0.1) is 5.82 Å². The van der Waals surface area contributed by atoms with Crippen LogP contribution in [0.15, 0.2) is 30.6 Å². The smallest absolute Gasteiger partial charge is 0.184 e. The molecule has 1 saturated heterocycles. The normalized spacial score (nSPS) is 19.1. The minimum absolute atomic E-state index is 0.111. The van der Waals surface area contributed by atoms with Crippen LogP contribution in [0.3, 0.4) is 0 Å². The number of nitrogens with zero attached hydrogens (tertiary/aromatic N) is 5. The number of anilines is 1. The zero-order valence-electron chi connectivity index (χ0n) is 19.4. The topological polar surface area (TPSA) is 58.9 Å². The van der Waals surface area contributed by atoms with E-state index in [0.717, 1.165) is 44.8 Å². The number of piperidine rings is 1. The van der Waals surface area contributed by atoms with Crippen molar-refractivity contribution < 1.29 is 4.39 Å². The summed E-state index contributed by atoms with van der Waals surface area (Å²) < 4.78 is 17.2. The molecule has 1 aliphatic rings. The van der Waals surface area contributed by atoms with E-state index < -0.39 is 0 Å². The first kappa shape index (κ1) is 21.3. The van der Waals surface area contributed by atoms with Gasteiger partial charge < -0.3 is 5.32 Å². The number of thiazole rings is 1. The molecule has 32 heavy (non-hydrogen) atoms. The first-order chi connectivity index (χ1) is 15.0. The molecular formula is C24H29FN6S. The fourth-order valence-corrected chi connectivity index (χ4v) is 6.01. The van der Waals surface area contributed by atoms with Crippen molar-refractivity contribution in [1.29, 1.82) is 0 Å². The van der Waals surface area contributed by atoms with E-state index in [1.165, 1.54) is 6.07 Å². The zero-order chi connectivity index (χ0) is 22.8. The highest BCUT2D eigenvalue weighted by Gasteiger charge is 2.43. The van der Waals surface area contributed by atoms with E-state index in [1.54, 1.807) is 29.3 Å². The van der Waals surface area contributed by atoms with Gasteiger partial charge in [-0.05, 0) is 65.8 Å². The van der Waals surface area contributed by atoms with E-state index in [9.17, 15) is 4.39 Å². The zero-order valence-corrected chi connectivity index (χ0v) is 20.2. The van der Waals surface area contributed by atoms with Crippen LogP contribution < -0.4 is 5.32 Å². The van der Waals surface area contributed by atoms with Crippen LogP contribution in [0.25, 0.3) is 32.4 Å². The lowest BCUT2D eigenvalue weighted by molar-refractivity contribution is -0.00767. The summed E-state index contributed by atoms with van der Waals surface area (Å²) in [5, 5.41) is 9.54. The number of pyridine rings is 1. The molecule has 3 aromatic heterocycles. The summed E-state index contributed by atoms with van der Waals surface area (Å²) in [5.41, 5.74) is 2.94. The molecule has 8 heteroatoms. The van der Waals surface area contributed by atoms with Crippen LogP contribution in [-0.2, 0) is 7.05 Å². The quantitative estimate of drug-likeness (QED) is 0.448. The molecule has 0 unspecified atom stereocenters. The van der Waals surface area contributed by atoms with Crippen molar-refractivity contribution in [2.75, 3.05) is 12.4 Å². The van der Waals surface area contributed by atoms with Gasteiger partial charge in [0, 0.05) is 41.3 Å². The van der Waals surface area contributed by atoms with E-state index in [-0.39, 0.29) is 16.9 Å². The lowest BCUT2D eigenvalue weighted by Crippen LogP contribution is -2.61. The van der Waals surface area contributed by atoms with Gasteiger partial charge in [-0.15, -0.1) is 0 Å². The predicted octanol–water partition coefficient (Wildman–Crippen LogP) is 5.45. The summed E-state index contributed by atoms with van der Waals surface area (Å²) in [7, 11) is 4.01. The Morgan fingerprint density at radius 2 is 1.81 bits per heavy atom. The Morgan fingerprint density at radius 1 is 1.09 bits per heavy atom. The second-order valence-electron chi connectivity index (χ2n) is 10.2. The lowest BCUT2D eigenvalue weighted by atomic mass is 9.77. The lowest BCUT2D eigenvalue weighted by Gasteiger charge is -2.53. The molecule has 0 amide bonds. The average molecular weight is 453 g/mol. The number of halogens is 1. The number of hydrogen-bond donors (Lipinski definition) is 1. The van der Waals surface area contributed by atoms with Gasteiger partial charge in [0.2, 0.25) is 0 Å². The van der Waals surface area contributed by atoms with Crippen LogP contribution in [0.2, 0.25) is 0 Å². The summed E-state index contributed by atoms with van der Waals surface area (Å²) >= 11 is 1.63. The highest BCUT2D eigenvalue weighted by Crippen LogP contribution is 2.39. The second kappa shape index (κ2) is 7.22. The molecule has 0 aliphatic carbocycles. The van der Waals surface area contributed by atoms with Gasteiger partial charge in [0.1, 0.15) is 11.0 Å². The minimum Gasteiger partial charge on any atom is -0.359 e. The highest BCUT2D eigenvalue weighted by molar-refractivity contribution is 7.22. The Labute approximate surface area is 191 Å². The van der Waals surface area contributed by atoms with Gasteiger partial charge in [-0.1, -0.05) is 11.3 Å². The van der Waals surface area contributed by atoms with E-state index in [2.05, 4.69) is 55.0 Å². The van der Waals surface area contributed by atoms with Gasteiger partial charge in [-0.2, -0.15) is 5.10 Å². The molecule has 0 saturated carbocycles. The van der Waals surface area contributed by atoms with Crippen LogP contribution in [0.1, 0.15) is 40.5 Å². The number of fused-ring (bicyclic) bond motifs is 2.